The molecular weight excluding hydrogens is 374 g/mol. The smallest absolute Gasteiger partial charge is 0.226 e. The van der Waals surface area contributed by atoms with Gasteiger partial charge in [0.25, 0.3) is 0 Å². The van der Waals surface area contributed by atoms with Crippen molar-refractivity contribution in [2.45, 2.75) is 51.6 Å². The molecule has 28 heavy (non-hydrogen) atoms. The van der Waals surface area contributed by atoms with Crippen LogP contribution in [-0.2, 0) is 4.79 Å². The lowest BCUT2D eigenvalue weighted by Crippen LogP contribution is -2.29. The van der Waals surface area contributed by atoms with Crippen molar-refractivity contribution in [3.63, 3.8) is 0 Å². The molecule has 1 aromatic carbocycles. The third kappa shape index (κ3) is 3.68. The molecule has 6 nitrogen and oxygen atoms in total. The topological polar surface area (TPSA) is 63.7 Å². The predicted molar refractivity (Wildman–Crippen MR) is 112 cm³/mol. The van der Waals surface area contributed by atoms with Gasteiger partial charge in [0.05, 0.1) is 18.1 Å². The number of para-hydroxylation sites is 1. The highest BCUT2D eigenvalue weighted by Crippen LogP contribution is 2.48. The zero-order chi connectivity index (χ0) is 19.7. The number of piperidine rings is 1. The number of benzene rings is 1. The van der Waals surface area contributed by atoms with Gasteiger partial charge in [0.2, 0.25) is 5.91 Å². The van der Waals surface area contributed by atoms with E-state index in [9.17, 15) is 4.79 Å². The summed E-state index contributed by atoms with van der Waals surface area (Å²) in [6.45, 7) is 6.06. The first-order chi connectivity index (χ1) is 13.6. The quantitative estimate of drug-likeness (QED) is 0.804. The number of carbonyl (C=O) groups excluding carboxylic acids is 1. The molecular formula is C21H27N3O3S. The summed E-state index contributed by atoms with van der Waals surface area (Å²) >= 11 is 1.69. The van der Waals surface area contributed by atoms with Gasteiger partial charge < -0.3 is 19.7 Å². The standard InChI is InChI=1S/C21H27N3O3S/c1-13(2)27-18-14(8-7-9-16(18)26-3)15-12-17(25)22-20-19(15)28-21(23-20)24-10-5-4-6-11-24/h7-9,13,15H,4-6,10-12H2,1-3H3,(H,22,25)/t15-/m1/s1. The first-order valence-corrected chi connectivity index (χ1v) is 10.8. The second kappa shape index (κ2) is 7.99. The molecule has 0 unspecified atom stereocenters. The summed E-state index contributed by atoms with van der Waals surface area (Å²) in [4.78, 5) is 20.7. The van der Waals surface area contributed by atoms with Crippen LogP contribution in [0, 0.1) is 0 Å². The molecule has 0 bridgehead atoms. The molecule has 7 heteroatoms. The van der Waals surface area contributed by atoms with Gasteiger partial charge in [0.1, 0.15) is 5.82 Å². The van der Waals surface area contributed by atoms with Gasteiger partial charge in [-0.05, 0) is 39.2 Å². The van der Waals surface area contributed by atoms with Crippen molar-refractivity contribution in [3.05, 3.63) is 28.6 Å². The van der Waals surface area contributed by atoms with Crippen LogP contribution >= 0.6 is 11.3 Å². The minimum atomic E-state index is -0.0800. The average Bonchev–Trinajstić information content (AvgIpc) is 3.12. The number of carbonyl (C=O) groups is 1. The Kier molecular flexibility index (Phi) is 5.44. The molecule has 0 aliphatic carbocycles. The molecule has 150 valence electrons. The van der Waals surface area contributed by atoms with Crippen molar-refractivity contribution in [2.75, 3.05) is 30.4 Å². The number of thiazole rings is 1. The van der Waals surface area contributed by atoms with E-state index < -0.39 is 0 Å². The molecule has 0 saturated carbocycles. The van der Waals surface area contributed by atoms with E-state index in [4.69, 9.17) is 14.5 Å². The number of hydrogen-bond acceptors (Lipinski definition) is 6. The third-order valence-electron chi connectivity index (χ3n) is 5.19. The fourth-order valence-corrected chi connectivity index (χ4v) is 5.10. The number of nitrogens with zero attached hydrogens (tertiary/aromatic N) is 2. The van der Waals surface area contributed by atoms with Crippen LogP contribution in [0.1, 0.15) is 55.9 Å². The first kappa shape index (κ1) is 19.1. The van der Waals surface area contributed by atoms with E-state index in [-0.39, 0.29) is 17.9 Å². The number of anilines is 2. The van der Waals surface area contributed by atoms with E-state index in [1.165, 1.54) is 19.3 Å². The Bertz CT molecular complexity index is 859. The number of ether oxygens (including phenoxy) is 2. The van der Waals surface area contributed by atoms with E-state index in [1.54, 1.807) is 18.4 Å². The van der Waals surface area contributed by atoms with Gasteiger partial charge in [-0.3, -0.25) is 4.79 Å². The van der Waals surface area contributed by atoms with Crippen molar-refractivity contribution in [1.29, 1.82) is 0 Å². The summed E-state index contributed by atoms with van der Waals surface area (Å²) < 4.78 is 11.7. The summed E-state index contributed by atoms with van der Waals surface area (Å²) in [6.07, 6.45) is 4.07. The number of nitrogens with one attached hydrogen (secondary N) is 1. The zero-order valence-corrected chi connectivity index (χ0v) is 17.5. The Morgan fingerprint density at radius 2 is 2.04 bits per heavy atom. The summed E-state index contributed by atoms with van der Waals surface area (Å²) in [6, 6.07) is 5.89. The molecule has 3 heterocycles. The molecule has 0 spiro atoms. The number of fused-ring (bicyclic) bond motifs is 1. The maximum atomic E-state index is 12.5. The molecule has 4 rings (SSSR count). The molecule has 0 radical (unpaired) electrons. The van der Waals surface area contributed by atoms with Gasteiger partial charge in [0, 0.05) is 31.0 Å². The summed E-state index contributed by atoms with van der Waals surface area (Å²) in [7, 11) is 1.65. The Morgan fingerprint density at radius 1 is 1.25 bits per heavy atom. The van der Waals surface area contributed by atoms with Crippen molar-refractivity contribution < 1.29 is 14.3 Å². The predicted octanol–water partition coefficient (Wildman–Crippen LogP) is 4.40. The zero-order valence-electron chi connectivity index (χ0n) is 16.7. The molecule has 1 amide bonds. The van der Waals surface area contributed by atoms with Crippen LogP contribution in [0.4, 0.5) is 10.9 Å². The Morgan fingerprint density at radius 3 is 2.75 bits per heavy atom. The number of rotatable bonds is 5. The monoisotopic (exact) mass is 401 g/mol. The fraction of sp³-hybridized carbons (Fsp3) is 0.524. The van der Waals surface area contributed by atoms with Gasteiger partial charge in [-0.25, -0.2) is 4.98 Å². The van der Waals surface area contributed by atoms with Crippen LogP contribution < -0.4 is 19.7 Å². The van der Waals surface area contributed by atoms with Gasteiger partial charge in [-0.1, -0.05) is 23.5 Å². The van der Waals surface area contributed by atoms with E-state index in [1.807, 2.05) is 32.0 Å². The molecule has 1 N–H and O–H groups in total. The maximum absolute atomic E-state index is 12.5. The van der Waals surface area contributed by atoms with Crippen LogP contribution in [0.5, 0.6) is 11.5 Å². The van der Waals surface area contributed by atoms with Gasteiger partial charge in [-0.2, -0.15) is 0 Å². The molecule has 2 aliphatic rings. The number of hydrogen-bond donors (Lipinski definition) is 1. The van der Waals surface area contributed by atoms with E-state index in [0.717, 1.165) is 34.4 Å². The second-order valence-electron chi connectivity index (χ2n) is 7.61. The lowest BCUT2D eigenvalue weighted by molar-refractivity contribution is -0.116. The molecule has 2 aromatic rings. The highest BCUT2D eigenvalue weighted by atomic mass is 32.1. The molecule has 1 fully saturated rings. The van der Waals surface area contributed by atoms with Crippen molar-refractivity contribution in [2.24, 2.45) is 0 Å². The van der Waals surface area contributed by atoms with Crippen LogP contribution in [0.15, 0.2) is 18.2 Å². The van der Waals surface area contributed by atoms with Crippen LogP contribution in [-0.4, -0.2) is 37.2 Å². The number of aromatic nitrogens is 1. The minimum absolute atomic E-state index is 0.00805. The van der Waals surface area contributed by atoms with Gasteiger partial charge in [0.15, 0.2) is 16.6 Å². The lowest BCUT2D eigenvalue weighted by Gasteiger charge is -2.26. The Hall–Kier alpha value is -2.28. The van der Waals surface area contributed by atoms with Crippen molar-refractivity contribution in [1.82, 2.24) is 4.98 Å². The third-order valence-corrected chi connectivity index (χ3v) is 6.42. The second-order valence-corrected chi connectivity index (χ2v) is 8.62. The van der Waals surface area contributed by atoms with E-state index in [2.05, 4.69) is 10.2 Å². The fourth-order valence-electron chi connectivity index (χ4n) is 3.91. The number of methoxy groups -OCH3 is 1. The van der Waals surface area contributed by atoms with E-state index in [0.29, 0.717) is 18.0 Å². The van der Waals surface area contributed by atoms with Crippen LogP contribution in [0.2, 0.25) is 0 Å². The van der Waals surface area contributed by atoms with E-state index >= 15 is 0 Å². The lowest BCUT2D eigenvalue weighted by atomic mass is 9.90. The Balaban J connectivity index is 1.76. The van der Waals surface area contributed by atoms with Gasteiger partial charge >= 0.3 is 0 Å². The summed E-state index contributed by atoms with van der Waals surface area (Å²) in [5.41, 5.74) is 0.984. The van der Waals surface area contributed by atoms with Gasteiger partial charge in [-0.15, -0.1) is 0 Å². The summed E-state index contributed by atoms with van der Waals surface area (Å²) in [5, 5.41) is 3.98. The first-order valence-electron chi connectivity index (χ1n) is 9.96. The SMILES string of the molecule is COc1cccc([C@H]2CC(=O)Nc3nc(N4CCCCC4)sc32)c1OC(C)C. The number of amides is 1. The minimum Gasteiger partial charge on any atom is -0.493 e. The molecule has 1 aromatic heterocycles. The normalized spacial score (nSPS) is 19.4. The molecule has 2 aliphatic heterocycles. The highest BCUT2D eigenvalue weighted by molar-refractivity contribution is 7.16. The Labute approximate surface area is 169 Å². The molecule has 1 saturated heterocycles. The average molecular weight is 402 g/mol. The maximum Gasteiger partial charge on any atom is 0.226 e. The van der Waals surface area contributed by atoms with Crippen LogP contribution in [0.25, 0.3) is 0 Å². The highest BCUT2D eigenvalue weighted by Gasteiger charge is 2.34. The van der Waals surface area contributed by atoms with Crippen molar-refractivity contribution >= 4 is 28.2 Å². The molecule has 1 atom stereocenters. The largest absolute Gasteiger partial charge is 0.493 e. The summed E-state index contributed by atoms with van der Waals surface area (Å²) in [5.74, 6) is 2.03. The van der Waals surface area contributed by atoms with Crippen LogP contribution in [0.3, 0.4) is 0 Å². The van der Waals surface area contributed by atoms with Crippen molar-refractivity contribution in [3.8, 4) is 11.5 Å².